The van der Waals surface area contributed by atoms with Crippen LogP contribution < -0.4 is 0 Å². The highest BCUT2D eigenvalue weighted by Crippen LogP contribution is 2.21. The molecule has 18 heavy (non-hydrogen) atoms. The Bertz CT molecular complexity index is 627. The van der Waals surface area contributed by atoms with Gasteiger partial charge in [0.15, 0.2) is 0 Å². The molecule has 4 heteroatoms. The van der Waals surface area contributed by atoms with Crippen molar-refractivity contribution in [2.75, 3.05) is 0 Å². The van der Waals surface area contributed by atoms with Gasteiger partial charge in [-0.1, -0.05) is 17.7 Å². The molecule has 0 aliphatic heterocycles. The summed E-state index contributed by atoms with van der Waals surface area (Å²) < 4.78 is 1.70. The lowest BCUT2D eigenvalue weighted by atomic mass is 10.1. The zero-order valence-electron chi connectivity index (χ0n) is 11.0. The third kappa shape index (κ3) is 1.90. The number of carboxylic acid groups (broad SMARTS) is 1. The van der Waals surface area contributed by atoms with E-state index in [4.69, 9.17) is 5.11 Å². The number of carbonyl (C=O) groups is 1. The SMILES string of the molecule is Cc1ccc(-n2nc(C)c(C(=O)O)c2C)c(C)c1. The monoisotopic (exact) mass is 244 g/mol. The molecule has 0 amide bonds. The molecule has 2 aromatic rings. The lowest BCUT2D eigenvalue weighted by Crippen LogP contribution is -2.04. The van der Waals surface area contributed by atoms with Crippen molar-refractivity contribution in [3.63, 3.8) is 0 Å². The highest BCUT2D eigenvalue weighted by Gasteiger charge is 2.19. The second-order valence-electron chi connectivity index (χ2n) is 4.55. The van der Waals surface area contributed by atoms with Crippen LogP contribution in [0.4, 0.5) is 0 Å². The maximum Gasteiger partial charge on any atom is 0.339 e. The largest absolute Gasteiger partial charge is 0.478 e. The molecule has 1 N–H and O–H groups in total. The van der Waals surface area contributed by atoms with Crippen molar-refractivity contribution in [1.82, 2.24) is 9.78 Å². The Hall–Kier alpha value is -2.10. The molecule has 0 radical (unpaired) electrons. The van der Waals surface area contributed by atoms with Gasteiger partial charge in [-0.15, -0.1) is 0 Å². The fourth-order valence-corrected chi connectivity index (χ4v) is 2.23. The van der Waals surface area contributed by atoms with Crippen molar-refractivity contribution >= 4 is 5.97 Å². The van der Waals surface area contributed by atoms with Crippen LogP contribution in [0.25, 0.3) is 5.69 Å². The number of rotatable bonds is 2. The van der Waals surface area contributed by atoms with Crippen LogP contribution >= 0.6 is 0 Å². The van der Waals surface area contributed by atoms with Crippen molar-refractivity contribution in [3.05, 3.63) is 46.3 Å². The third-order valence-corrected chi connectivity index (χ3v) is 3.09. The summed E-state index contributed by atoms with van der Waals surface area (Å²) in [5.41, 5.74) is 4.67. The van der Waals surface area contributed by atoms with E-state index < -0.39 is 5.97 Å². The van der Waals surface area contributed by atoms with Gasteiger partial charge >= 0.3 is 5.97 Å². The molecule has 94 valence electrons. The first-order chi connectivity index (χ1) is 8.41. The van der Waals surface area contributed by atoms with Crippen LogP contribution in [-0.4, -0.2) is 20.9 Å². The van der Waals surface area contributed by atoms with Gasteiger partial charge in [-0.2, -0.15) is 5.10 Å². The van der Waals surface area contributed by atoms with Crippen molar-refractivity contribution < 1.29 is 9.90 Å². The second kappa shape index (κ2) is 4.29. The van der Waals surface area contributed by atoms with Crippen LogP contribution in [0.1, 0.15) is 32.9 Å². The number of aromatic nitrogens is 2. The summed E-state index contributed by atoms with van der Waals surface area (Å²) in [4.78, 5) is 11.2. The second-order valence-corrected chi connectivity index (χ2v) is 4.55. The molecular formula is C14H16N2O2. The van der Waals surface area contributed by atoms with E-state index in [1.807, 2.05) is 26.0 Å². The Kier molecular flexibility index (Phi) is 2.95. The molecule has 0 aliphatic rings. The molecule has 2 rings (SSSR count). The molecule has 4 nitrogen and oxygen atoms in total. The number of benzene rings is 1. The summed E-state index contributed by atoms with van der Waals surface area (Å²) in [6.07, 6.45) is 0. The highest BCUT2D eigenvalue weighted by molar-refractivity contribution is 5.90. The minimum atomic E-state index is -0.930. The molecular weight excluding hydrogens is 228 g/mol. The topological polar surface area (TPSA) is 55.1 Å². The maximum absolute atomic E-state index is 11.2. The van der Waals surface area contributed by atoms with Crippen LogP contribution in [0.15, 0.2) is 18.2 Å². The summed E-state index contributed by atoms with van der Waals surface area (Å²) in [6, 6.07) is 6.03. The smallest absolute Gasteiger partial charge is 0.339 e. The molecule has 1 aromatic carbocycles. The van der Waals surface area contributed by atoms with E-state index in [2.05, 4.69) is 11.2 Å². The van der Waals surface area contributed by atoms with Crippen molar-refractivity contribution in [2.45, 2.75) is 27.7 Å². The van der Waals surface area contributed by atoms with Gasteiger partial charge in [-0.05, 0) is 39.3 Å². The van der Waals surface area contributed by atoms with Crippen molar-refractivity contribution in [3.8, 4) is 5.69 Å². The van der Waals surface area contributed by atoms with Crippen molar-refractivity contribution in [2.24, 2.45) is 0 Å². The van der Waals surface area contributed by atoms with Gasteiger partial charge in [0.05, 0.1) is 17.1 Å². The summed E-state index contributed by atoms with van der Waals surface area (Å²) in [6.45, 7) is 7.53. The molecule has 0 atom stereocenters. The zero-order chi connectivity index (χ0) is 13.4. The Balaban J connectivity index is 2.65. The molecule has 1 heterocycles. The zero-order valence-corrected chi connectivity index (χ0v) is 11.0. The fourth-order valence-electron chi connectivity index (χ4n) is 2.23. The quantitative estimate of drug-likeness (QED) is 0.883. The first kappa shape index (κ1) is 12.4. The molecule has 0 bridgehead atoms. The molecule has 0 saturated heterocycles. The number of hydrogen-bond acceptors (Lipinski definition) is 2. The van der Waals surface area contributed by atoms with Crippen LogP contribution in [0.2, 0.25) is 0 Å². The molecule has 0 fully saturated rings. The van der Waals surface area contributed by atoms with Gasteiger partial charge in [0.25, 0.3) is 0 Å². The average Bonchev–Trinajstić information content (AvgIpc) is 2.54. The minimum absolute atomic E-state index is 0.287. The summed E-state index contributed by atoms with van der Waals surface area (Å²) in [5.74, 6) is -0.930. The van der Waals surface area contributed by atoms with E-state index in [0.29, 0.717) is 11.4 Å². The van der Waals surface area contributed by atoms with E-state index in [1.54, 1.807) is 18.5 Å². The van der Waals surface area contributed by atoms with Gasteiger partial charge < -0.3 is 5.11 Å². The first-order valence-corrected chi connectivity index (χ1v) is 5.79. The number of aromatic carboxylic acids is 1. The summed E-state index contributed by atoms with van der Waals surface area (Å²) >= 11 is 0. The minimum Gasteiger partial charge on any atom is -0.478 e. The average molecular weight is 244 g/mol. The Labute approximate surface area is 106 Å². The van der Waals surface area contributed by atoms with E-state index in [0.717, 1.165) is 11.3 Å². The van der Waals surface area contributed by atoms with E-state index in [9.17, 15) is 4.79 Å². The van der Waals surface area contributed by atoms with E-state index >= 15 is 0 Å². The Morgan fingerprint density at radius 3 is 2.39 bits per heavy atom. The standard InChI is InChI=1S/C14H16N2O2/c1-8-5-6-12(9(2)7-8)16-11(4)13(14(17)18)10(3)15-16/h5-7H,1-4H3,(H,17,18). The molecule has 0 spiro atoms. The normalized spacial score (nSPS) is 10.7. The number of nitrogens with zero attached hydrogens (tertiary/aromatic N) is 2. The van der Waals surface area contributed by atoms with Crippen LogP contribution in [0.5, 0.6) is 0 Å². The number of aryl methyl sites for hydroxylation is 3. The van der Waals surface area contributed by atoms with E-state index in [-0.39, 0.29) is 5.56 Å². The fraction of sp³-hybridized carbons (Fsp3) is 0.286. The molecule has 0 saturated carbocycles. The third-order valence-electron chi connectivity index (χ3n) is 3.09. The predicted octanol–water partition coefficient (Wildman–Crippen LogP) is 2.80. The van der Waals surface area contributed by atoms with Gasteiger partial charge in [0, 0.05) is 0 Å². The summed E-state index contributed by atoms with van der Waals surface area (Å²) in [5, 5.41) is 13.5. The first-order valence-electron chi connectivity index (χ1n) is 5.79. The lowest BCUT2D eigenvalue weighted by molar-refractivity contribution is 0.0695. The van der Waals surface area contributed by atoms with Gasteiger partial charge in [-0.25, -0.2) is 9.48 Å². The number of carboxylic acids is 1. The summed E-state index contributed by atoms with van der Waals surface area (Å²) in [7, 11) is 0. The molecule has 1 aromatic heterocycles. The lowest BCUT2D eigenvalue weighted by Gasteiger charge is -2.09. The van der Waals surface area contributed by atoms with Gasteiger partial charge in [0.2, 0.25) is 0 Å². The Morgan fingerprint density at radius 1 is 1.22 bits per heavy atom. The predicted molar refractivity (Wildman–Crippen MR) is 69.5 cm³/mol. The maximum atomic E-state index is 11.2. The Morgan fingerprint density at radius 2 is 1.89 bits per heavy atom. The van der Waals surface area contributed by atoms with Crippen LogP contribution in [-0.2, 0) is 0 Å². The molecule has 0 aliphatic carbocycles. The van der Waals surface area contributed by atoms with E-state index in [1.165, 1.54) is 5.56 Å². The van der Waals surface area contributed by atoms with Gasteiger partial charge in [0.1, 0.15) is 5.56 Å². The highest BCUT2D eigenvalue weighted by atomic mass is 16.4. The van der Waals surface area contributed by atoms with Crippen LogP contribution in [0.3, 0.4) is 0 Å². The van der Waals surface area contributed by atoms with Crippen molar-refractivity contribution in [1.29, 1.82) is 0 Å². The number of hydrogen-bond donors (Lipinski definition) is 1. The van der Waals surface area contributed by atoms with Crippen LogP contribution in [0, 0.1) is 27.7 Å². The van der Waals surface area contributed by atoms with Gasteiger partial charge in [-0.3, -0.25) is 0 Å². The molecule has 0 unspecified atom stereocenters.